The number of fused-ring (bicyclic) bond motifs is 1. The molecule has 3 atom stereocenters. The molecular formula is C29H38ClN3O6. The number of benzene rings is 2. The van der Waals surface area contributed by atoms with Crippen molar-refractivity contribution in [2.75, 3.05) is 53.7 Å². The summed E-state index contributed by atoms with van der Waals surface area (Å²) in [5.41, 5.74) is 3.20. The van der Waals surface area contributed by atoms with Crippen molar-refractivity contribution in [2.45, 2.75) is 37.8 Å². The smallest absolute Gasteiger partial charge is 0.406 e. The summed E-state index contributed by atoms with van der Waals surface area (Å²) in [6.07, 6.45) is 2.85. The summed E-state index contributed by atoms with van der Waals surface area (Å²) in [6, 6.07) is 11.3. The zero-order valence-electron chi connectivity index (χ0n) is 22.6. The van der Waals surface area contributed by atoms with Crippen LogP contribution in [0.15, 0.2) is 36.4 Å². The fourth-order valence-electron chi connectivity index (χ4n) is 5.15. The Kier molecular flexibility index (Phi) is 10.8. The van der Waals surface area contributed by atoms with Crippen molar-refractivity contribution in [3.63, 3.8) is 0 Å². The molecular weight excluding hydrogens is 522 g/mol. The third-order valence-corrected chi connectivity index (χ3v) is 7.42. The predicted molar refractivity (Wildman–Crippen MR) is 149 cm³/mol. The lowest BCUT2D eigenvalue weighted by Gasteiger charge is -2.26. The molecule has 1 unspecified atom stereocenters. The topological polar surface area (TPSA) is 107 Å². The monoisotopic (exact) mass is 559 g/mol. The largest absolute Gasteiger partial charge is 0.493 e. The molecule has 0 aliphatic carbocycles. The highest BCUT2D eigenvalue weighted by atomic mass is 35.5. The minimum absolute atomic E-state index is 0.149. The Morgan fingerprint density at radius 1 is 1.18 bits per heavy atom. The molecule has 0 aromatic heterocycles. The van der Waals surface area contributed by atoms with Gasteiger partial charge in [-0.2, -0.15) is 0 Å². The Morgan fingerprint density at radius 3 is 2.79 bits per heavy atom. The van der Waals surface area contributed by atoms with Gasteiger partial charge in [-0.15, -0.1) is 0 Å². The Labute approximate surface area is 234 Å². The van der Waals surface area contributed by atoms with Gasteiger partial charge < -0.3 is 34.9 Å². The van der Waals surface area contributed by atoms with E-state index in [1.54, 1.807) is 12.1 Å². The molecule has 0 spiro atoms. The number of hydrogen-bond acceptors (Lipinski definition) is 7. The molecule has 0 bridgehead atoms. The number of carbonyl (C=O) groups excluding carboxylic acids is 2. The normalized spacial score (nSPS) is 18.0. The molecule has 2 amide bonds. The molecule has 0 saturated carbocycles. The second-order valence-electron chi connectivity index (χ2n) is 9.88. The van der Waals surface area contributed by atoms with Gasteiger partial charge in [0, 0.05) is 54.9 Å². The first-order chi connectivity index (χ1) is 19.0. The van der Waals surface area contributed by atoms with Crippen molar-refractivity contribution in [3.8, 4) is 5.75 Å². The van der Waals surface area contributed by atoms with Gasteiger partial charge in [-0.05, 0) is 67.6 Å². The number of likely N-dealkylation sites (N-methyl/N-ethyl adjacent to an activating group) is 1. The fraction of sp³-hybridized carbons (Fsp3) is 0.517. The van der Waals surface area contributed by atoms with Gasteiger partial charge in [0.15, 0.2) is 0 Å². The molecule has 10 heteroatoms. The van der Waals surface area contributed by atoms with Crippen LogP contribution >= 0.6 is 11.6 Å². The molecule has 3 N–H and O–H groups in total. The first-order valence-corrected chi connectivity index (χ1v) is 13.9. The summed E-state index contributed by atoms with van der Waals surface area (Å²) in [6.45, 7) is 3.14. The highest BCUT2D eigenvalue weighted by Gasteiger charge is 2.27. The summed E-state index contributed by atoms with van der Waals surface area (Å²) >= 11 is 6.32. The van der Waals surface area contributed by atoms with Gasteiger partial charge in [-0.1, -0.05) is 23.7 Å². The van der Waals surface area contributed by atoms with Crippen molar-refractivity contribution < 1.29 is 28.5 Å². The summed E-state index contributed by atoms with van der Waals surface area (Å²) < 4.78 is 22.4. The Hall–Kier alpha value is -2.85. The summed E-state index contributed by atoms with van der Waals surface area (Å²) in [4.78, 5) is 24.8. The Bertz CT molecular complexity index is 1120. The van der Waals surface area contributed by atoms with Crippen LogP contribution in [0.4, 0.5) is 4.79 Å². The van der Waals surface area contributed by atoms with Gasteiger partial charge in [0.1, 0.15) is 11.9 Å². The van der Waals surface area contributed by atoms with E-state index >= 15 is 0 Å². The van der Waals surface area contributed by atoms with Crippen LogP contribution in [0.2, 0.25) is 5.02 Å². The maximum atomic E-state index is 13.3. The second kappa shape index (κ2) is 14.5. The summed E-state index contributed by atoms with van der Waals surface area (Å²) in [5.74, 6) is 1.01. The molecule has 0 radical (unpaired) electrons. The molecule has 2 aliphatic rings. The summed E-state index contributed by atoms with van der Waals surface area (Å²) in [5, 5.41) is 9.64. The van der Waals surface area contributed by atoms with Crippen molar-refractivity contribution >= 4 is 23.6 Å². The fourth-order valence-corrected chi connectivity index (χ4v) is 5.34. The zero-order chi connectivity index (χ0) is 27.6. The van der Waals surface area contributed by atoms with Gasteiger partial charge in [0.2, 0.25) is 0 Å². The van der Waals surface area contributed by atoms with Gasteiger partial charge >= 0.3 is 6.09 Å². The first-order valence-electron chi connectivity index (χ1n) is 13.5. The van der Waals surface area contributed by atoms with Crippen molar-refractivity contribution in [2.24, 2.45) is 5.92 Å². The van der Waals surface area contributed by atoms with Gasteiger partial charge in [-0.25, -0.2) is 4.79 Å². The Balaban J connectivity index is 1.52. The number of alkyl carbamates (subject to hydrolysis) is 1. The number of ether oxygens (including phenoxy) is 4. The molecule has 1 fully saturated rings. The third-order valence-electron chi connectivity index (χ3n) is 7.18. The van der Waals surface area contributed by atoms with E-state index in [9.17, 15) is 9.59 Å². The van der Waals surface area contributed by atoms with Crippen LogP contribution < -0.4 is 20.7 Å². The van der Waals surface area contributed by atoms with E-state index < -0.39 is 12.2 Å². The number of nitrogens with one attached hydrogen (secondary N) is 3. The maximum Gasteiger partial charge on any atom is 0.406 e. The van der Waals surface area contributed by atoms with E-state index in [0.29, 0.717) is 41.8 Å². The minimum atomic E-state index is -0.526. The molecule has 1 saturated heterocycles. The molecule has 4 rings (SSSR count). The highest BCUT2D eigenvalue weighted by Crippen LogP contribution is 2.38. The highest BCUT2D eigenvalue weighted by molar-refractivity contribution is 6.30. The molecule has 212 valence electrons. The standard InChI is InChI=1S/C29H38ClN3O6/c1-31-23(13-19-5-4-10-37-18-19)17-33-28(34)21-15-25(24-8-11-38-26(24)16-21)27(20-6-3-7-22(30)14-20)39-12-9-32-29(35)36-2/h3,6-7,14-16,19,23,27,31H,4-5,8-13,17-18H2,1-2H3,(H,32,35)(H,33,34)/t19-,23+,27?/m1/s1. The SMILES string of the molecule is CN[C@H](CNC(=O)c1cc2c(c(C(OCCNC(=O)OC)c3cccc(Cl)c3)c1)CCO2)C[C@H]1CCCOC1. The van der Waals surface area contributed by atoms with Crippen molar-refractivity contribution in [1.29, 1.82) is 0 Å². The van der Waals surface area contributed by atoms with E-state index in [1.165, 1.54) is 7.11 Å². The van der Waals surface area contributed by atoms with E-state index in [-0.39, 0.29) is 25.1 Å². The van der Waals surface area contributed by atoms with Gasteiger partial charge in [0.25, 0.3) is 5.91 Å². The Morgan fingerprint density at radius 2 is 2.05 bits per heavy atom. The summed E-state index contributed by atoms with van der Waals surface area (Å²) in [7, 11) is 3.23. The second-order valence-corrected chi connectivity index (χ2v) is 10.3. The van der Waals surface area contributed by atoms with Gasteiger partial charge in [-0.3, -0.25) is 4.79 Å². The van der Waals surface area contributed by atoms with Crippen LogP contribution in [0.1, 0.15) is 52.4 Å². The molecule has 2 aliphatic heterocycles. The molecule has 2 heterocycles. The third kappa shape index (κ3) is 8.08. The van der Waals surface area contributed by atoms with E-state index in [0.717, 1.165) is 49.2 Å². The van der Waals surface area contributed by atoms with Crippen LogP contribution in [0.3, 0.4) is 0 Å². The average Bonchev–Trinajstić information content (AvgIpc) is 3.44. The molecule has 9 nitrogen and oxygen atoms in total. The van der Waals surface area contributed by atoms with Crippen LogP contribution in [-0.4, -0.2) is 71.7 Å². The van der Waals surface area contributed by atoms with E-state index in [4.69, 9.17) is 25.8 Å². The zero-order valence-corrected chi connectivity index (χ0v) is 23.4. The van der Waals surface area contributed by atoms with Gasteiger partial charge in [0.05, 0.1) is 20.3 Å². The lowest BCUT2D eigenvalue weighted by atomic mass is 9.92. The molecule has 2 aromatic carbocycles. The first kappa shape index (κ1) is 29.1. The maximum absolute atomic E-state index is 13.3. The van der Waals surface area contributed by atoms with Crippen LogP contribution in [0.5, 0.6) is 5.75 Å². The van der Waals surface area contributed by atoms with E-state index in [2.05, 4.69) is 20.7 Å². The van der Waals surface area contributed by atoms with Crippen LogP contribution in [0.25, 0.3) is 0 Å². The molecule has 2 aromatic rings. The minimum Gasteiger partial charge on any atom is -0.493 e. The number of amides is 2. The lowest BCUT2D eigenvalue weighted by molar-refractivity contribution is 0.0478. The number of halogens is 1. The van der Waals surface area contributed by atoms with Crippen LogP contribution in [0, 0.1) is 5.92 Å². The average molecular weight is 560 g/mol. The number of rotatable bonds is 12. The number of hydrogen-bond donors (Lipinski definition) is 3. The van der Waals surface area contributed by atoms with E-state index in [1.807, 2.05) is 31.3 Å². The number of methoxy groups -OCH3 is 1. The quantitative estimate of drug-likeness (QED) is 0.339. The number of carbonyl (C=O) groups is 2. The van der Waals surface area contributed by atoms with Crippen molar-refractivity contribution in [1.82, 2.24) is 16.0 Å². The predicted octanol–water partition coefficient (Wildman–Crippen LogP) is 3.87. The lowest BCUT2D eigenvalue weighted by Crippen LogP contribution is -2.41. The van der Waals surface area contributed by atoms with Crippen molar-refractivity contribution in [3.05, 3.63) is 63.7 Å². The van der Waals surface area contributed by atoms with Crippen LogP contribution in [-0.2, 0) is 20.6 Å². The molecule has 39 heavy (non-hydrogen) atoms.